The Kier molecular flexibility index (Phi) is 6.42. The zero-order valence-corrected chi connectivity index (χ0v) is 17.3. The molecule has 8 heteroatoms. The zero-order chi connectivity index (χ0) is 18.7. The van der Waals surface area contributed by atoms with Gasteiger partial charge in [-0.1, -0.05) is 6.92 Å². The topological polar surface area (TPSA) is 53.4 Å². The third kappa shape index (κ3) is 3.70. The maximum absolute atomic E-state index is 12.9. The third-order valence-corrected chi connectivity index (χ3v) is 6.52. The molecule has 2 aromatic rings. The molecule has 0 fully saturated rings. The average Bonchev–Trinajstić information content (AvgIpc) is 3.09. The maximum Gasteiger partial charge on any atom is 0.345 e. The van der Waals surface area contributed by atoms with E-state index in [1.165, 1.54) is 0 Å². The van der Waals surface area contributed by atoms with Crippen LogP contribution in [-0.4, -0.2) is 28.1 Å². The monoisotopic (exact) mass is 412 g/mol. The molecule has 1 aliphatic rings. The smallest absolute Gasteiger partial charge is 0.345 e. The van der Waals surface area contributed by atoms with E-state index < -0.39 is 5.97 Å². The molecule has 3 rings (SSSR count). The van der Waals surface area contributed by atoms with E-state index in [4.69, 9.17) is 20.2 Å². The number of benzene rings is 1. The van der Waals surface area contributed by atoms with Crippen molar-refractivity contribution in [2.24, 2.45) is 0 Å². The minimum Gasteiger partial charge on any atom is -0.492 e. The zero-order valence-electron chi connectivity index (χ0n) is 15.0. The van der Waals surface area contributed by atoms with Gasteiger partial charge in [0.05, 0.1) is 23.3 Å². The molecule has 0 amide bonds. The van der Waals surface area contributed by atoms with Gasteiger partial charge < -0.3 is 9.47 Å². The van der Waals surface area contributed by atoms with Crippen LogP contribution >= 0.6 is 33.4 Å². The molecule has 2 heterocycles. The number of esters is 1. The Morgan fingerprint density at radius 1 is 1.50 bits per heavy atom. The van der Waals surface area contributed by atoms with Crippen LogP contribution in [0.25, 0.3) is 0 Å². The minimum atomic E-state index is -0.404. The van der Waals surface area contributed by atoms with Crippen LogP contribution in [0, 0.1) is 6.92 Å². The molecule has 0 spiro atoms. The molecule has 1 aromatic carbocycles. The lowest BCUT2D eigenvalue weighted by atomic mass is 9.96. The molecule has 0 N–H and O–H groups in total. The number of hydrogen-bond donors (Lipinski definition) is 0. The molecule has 1 aliphatic heterocycles. The number of rotatable bonds is 6. The fraction of sp³-hybridized carbons (Fsp3) is 0.444. The van der Waals surface area contributed by atoms with Crippen molar-refractivity contribution < 1.29 is 14.3 Å². The lowest BCUT2D eigenvalue weighted by Gasteiger charge is -2.29. The molecular weight excluding hydrogens is 392 g/mol. The lowest BCUT2D eigenvalue weighted by molar-refractivity contribution is 0.0717. The molecule has 1 aromatic heterocycles. The summed E-state index contributed by atoms with van der Waals surface area (Å²) in [7, 11) is 7.14. The van der Waals surface area contributed by atoms with E-state index >= 15 is 0 Å². The van der Waals surface area contributed by atoms with Gasteiger partial charge in [0.2, 0.25) is 5.88 Å². The Hall–Kier alpha value is -1.31. The molecule has 26 heavy (non-hydrogen) atoms. The first-order chi connectivity index (χ1) is 12.6. The van der Waals surface area contributed by atoms with E-state index in [9.17, 15) is 4.79 Å². The molecule has 140 valence electrons. The molecule has 5 nitrogen and oxygen atoms in total. The van der Waals surface area contributed by atoms with Gasteiger partial charge in [-0.25, -0.2) is 9.48 Å². The summed E-state index contributed by atoms with van der Waals surface area (Å²) in [5.41, 5.74) is 2.47. The van der Waals surface area contributed by atoms with E-state index in [-0.39, 0.29) is 0 Å². The molecule has 0 saturated carbocycles. The van der Waals surface area contributed by atoms with E-state index in [0.717, 1.165) is 44.9 Å². The molecular formula is C18H21ClN2O3S2. The molecule has 0 aliphatic carbocycles. The van der Waals surface area contributed by atoms with Gasteiger partial charge in [0.25, 0.3) is 0 Å². The van der Waals surface area contributed by atoms with Crippen molar-refractivity contribution >= 4 is 39.4 Å². The number of fused-ring (bicyclic) bond motifs is 1. The fourth-order valence-electron chi connectivity index (χ4n) is 3.13. The van der Waals surface area contributed by atoms with Crippen molar-refractivity contribution in [3.8, 4) is 11.6 Å². The number of carbonyl (C=O) groups is 1. The van der Waals surface area contributed by atoms with Gasteiger partial charge in [0, 0.05) is 23.4 Å². The number of nitrogens with zero attached hydrogens (tertiary/aromatic N) is 2. The van der Waals surface area contributed by atoms with E-state index in [2.05, 4.69) is 12.0 Å². The standard InChI is InChI=1S/C18H21ClN2O3S2/c1-4-21-15(6-8-20-21)24-18(22)12-10-14(26-19)17-16(11(12)3)13(25-5-2)7-9-23-17/h6,8,10,13H,4-5,7,9H2,1-3H3. The fourth-order valence-corrected chi connectivity index (χ4v) is 4.99. The molecule has 0 radical (unpaired) electrons. The highest BCUT2D eigenvalue weighted by molar-refractivity contribution is 8.21. The third-order valence-electron chi connectivity index (χ3n) is 4.35. The van der Waals surface area contributed by atoms with Crippen LogP contribution in [0.2, 0.25) is 0 Å². The van der Waals surface area contributed by atoms with E-state index in [1.54, 1.807) is 23.0 Å². The van der Waals surface area contributed by atoms with Crippen LogP contribution in [0.15, 0.2) is 23.2 Å². The predicted molar refractivity (Wildman–Crippen MR) is 107 cm³/mol. The summed E-state index contributed by atoms with van der Waals surface area (Å²) in [6.45, 7) is 7.32. The summed E-state index contributed by atoms with van der Waals surface area (Å²) < 4.78 is 13.1. The van der Waals surface area contributed by atoms with Crippen LogP contribution in [0.4, 0.5) is 0 Å². The van der Waals surface area contributed by atoms with Crippen molar-refractivity contribution in [3.05, 3.63) is 35.0 Å². The van der Waals surface area contributed by atoms with Crippen molar-refractivity contribution in [1.82, 2.24) is 9.78 Å². The Balaban J connectivity index is 2.02. The molecule has 1 atom stereocenters. The van der Waals surface area contributed by atoms with Gasteiger partial charge in [-0.05, 0) is 59.3 Å². The van der Waals surface area contributed by atoms with Gasteiger partial charge in [-0.2, -0.15) is 16.9 Å². The number of carbonyl (C=O) groups excluding carboxylic acids is 1. The number of hydrogen-bond acceptors (Lipinski definition) is 6. The highest BCUT2D eigenvalue weighted by atomic mass is 35.7. The van der Waals surface area contributed by atoms with Gasteiger partial charge in [0.1, 0.15) is 5.75 Å². The maximum atomic E-state index is 12.9. The van der Waals surface area contributed by atoms with E-state index in [1.807, 2.05) is 25.6 Å². The van der Waals surface area contributed by atoms with Crippen LogP contribution < -0.4 is 9.47 Å². The van der Waals surface area contributed by atoms with Crippen molar-refractivity contribution in [2.75, 3.05) is 12.4 Å². The number of thioether (sulfide) groups is 1. The second-order valence-corrected chi connectivity index (χ2v) is 8.36. The molecule has 1 unspecified atom stereocenters. The van der Waals surface area contributed by atoms with Crippen molar-refractivity contribution in [3.63, 3.8) is 0 Å². The Morgan fingerprint density at radius 3 is 3.00 bits per heavy atom. The van der Waals surface area contributed by atoms with E-state index in [0.29, 0.717) is 29.8 Å². The van der Waals surface area contributed by atoms with Gasteiger partial charge in [0.15, 0.2) is 0 Å². The second kappa shape index (κ2) is 8.59. The van der Waals surface area contributed by atoms with Crippen molar-refractivity contribution in [2.45, 2.75) is 43.9 Å². The number of aromatic nitrogens is 2. The summed E-state index contributed by atoms with van der Waals surface area (Å²) in [5, 5.41) is 4.43. The second-order valence-electron chi connectivity index (χ2n) is 5.82. The van der Waals surface area contributed by atoms with Gasteiger partial charge in [-0.3, -0.25) is 0 Å². The number of halogens is 1. The Morgan fingerprint density at radius 2 is 2.31 bits per heavy atom. The van der Waals surface area contributed by atoms with Crippen LogP contribution in [0.1, 0.15) is 47.0 Å². The first-order valence-corrected chi connectivity index (χ1v) is 11.2. The summed E-state index contributed by atoms with van der Waals surface area (Å²) >= 11 is 1.86. The average molecular weight is 413 g/mol. The van der Waals surface area contributed by atoms with Crippen molar-refractivity contribution in [1.29, 1.82) is 0 Å². The first kappa shape index (κ1) is 19.5. The normalized spacial score (nSPS) is 16.1. The summed E-state index contributed by atoms with van der Waals surface area (Å²) in [5.74, 6) is 1.83. The Labute approximate surface area is 166 Å². The minimum absolute atomic E-state index is 0.292. The van der Waals surface area contributed by atoms with Crippen LogP contribution in [0.3, 0.4) is 0 Å². The lowest BCUT2D eigenvalue weighted by Crippen LogP contribution is -2.19. The molecule has 0 saturated heterocycles. The van der Waals surface area contributed by atoms with Gasteiger partial charge >= 0.3 is 5.97 Å². The summed E-state index contributed by atoms with van der Waals surface area (Å²) in [6, 6.07) is 3.45. The summed E-state index contributed by atoms with van der Waals surface area (Å²) in [6.07, 6.45) is 2.54. The highest BCUT2D eigenvalue weighted by Crippen LogP contribution is 2.48. The van der Waals surface area contributed by atoms with Gasteiger partial charge in [-0.15, -0.1) is 0 Å². The highest BCUT2D eigenvalue weighted by Gasteiger charge is 2.30. The summed E-state index contributed by atoms with van der Waals surface area (Å²) in [4.78, 5) is 13.6. The quantitative estimate of drug-likeness (QED) is 0.603. The van der Waals surface area contributed by atoms with Crippen LogP contribution in [0.5, 0.6) is 11.6 Å². The number of ether oxygens (including phenoxy) is 2. The predicted octanol–water partition coefficient (Wildman–Crippen LogP) is 5.25. The molecule has 0 bridgehead atoms. The first-order valence-electron chi connectivity index (χ1n) is 8.55. The number of aryl methyl sites for hydroxylation is 1. The SMILES string of the molecule is CCSC1CCOc2c(SCl)cc(C(=O)Oc3ccnn3CC)c(C)c21. The Bertz CT molecular complexity index is 810. The van der Waals surface area contributed by atoms with Crippen LogP contribution in [-0.2, 0) is 6.54 Å². The largest absolute Gasteiger partial charge is 0.492 e.